The fraction of sp³-hybridized carbons (Fsp3) is 0.455. The van der Waals surface area contributed by atoms with Crippen molar-refractivity contribution in [2.24, 2.45) is 5.41 Å². The summed E-state index contributed by atoms with van der Waals surface area (Å²) in [6.45, 7) is 16.2. The zero-order chi connectivity index (χ0) is 30.1. The van der Waals surface area contributed by atoms with E-state index in [-0.39, 0.29) is 17.0 Å². The lowest BCUT2D eigenvalue weighted by Gasteiger charge is -2.42. The second kappa shape index (κ2) is 12.0. The Kier molecular flexibility index (Phi) is 8.56. The Bertz CT molecular complexity index is 1470. The quantitative estimate of drug-likeness (QED) is 0.240. The summed E-state index contributed by atoms with van der Waals surface area (Å²) >= 11 is 6.81. The van der Waals surface area contributed by atoms with Gasteiger partial charge in [-0.15, -0.1) is 5.53 Å². The summed E-state index contributed by atoms with van der Waals surface area (Å²) < 4.78 is 0. The first-order valence-electron chi connectivity index (χ1n) is 14.8. The van der Waals surface area contributed by atoms with E-state index >= 15 is 0 Å². The number of benzene rings is 2. The number of hydrogen-bond acceptors (Lipinski definition) is 8. The van der Waals surface area contributed by atoms with Gasteiger partial charge < -0.3 is 16.1 Å². The van der Waals surface area contributed by atoms with Crippen molar-refractivity contribution in [2.75, 3.05) is 30.3 Å². The third-order valence-electron chi connectivity index (χ3n) is 8.01. The summed E-state index contributed by atoms with van der Waals surface area (Å²) in [5.41, 5.74) is 12.0. The Morgan fingerprint density at radius 2 is 1.81 bits per heavy atom. The van der Waals surface area contributed by atoms with Crippen molar-refractivity contribution < 1.29 is 0 Å². The van der Waals surface area contributed by atoms with E-state index in [9.17, 15) is 5.26 Å². The zero-order valence-electron chi connectivity index (χ0n) is 25.6. The van der Waals surface area contributed by atoms with E-state index in [4.69, 9.17) is 11.6 Å². The Labute approximate surface area is 255 Å². The van der Waals surface area contributed by atoms with Crippen LogP contribution in [-0.2, 0) is 0 Å². The molecule has 1 saturated heterocycles. The number of hydrogen-bond donors (Lipinski definition) is 4. The van der Waals surface area contributed by atoms with E-state index in [1.165, 1.54) is 0 Å². The predicted molar refractivity (Wildman–Crippen MR) is 173 cm³/mol. The maximum absolute atomic E-state index is 9.86. The maximum atomic E-state index is 9.86. The molecule has 0 radical (unpaired) electrons. The number of hydrazine groups is 2. The molecule has 0 unspecified atom stereocenters. The molecule has 1 fully saturated rings. The largest absolute Gasteiger partial charge is 0.383 e. The van der Waals surface area contributed by atoms with Crippen LogP contribution in [0.3, 0.4) is 0 Å². The number of anilines is 2. The van der Waals surface area contributed by atoms with Crippen molar-refractivity contribution in [3.05, 3.63) is 76.7 Å². The number of nitrogens with one attached hydrogen (secondary N) is 4. The molecular weight excluding hydrogens is 544 g/mol. The molecule has 3 heterocycles. The van der Waals surface area contributed by atoms with Crippen LogP contribution in [0.4, 0.5) is 11.4 Å². The predicted octanol–water partition coefficient (Wildman–Crippen LogP) is 6.80. The SMILES string of the molecule is CC(C)(C)CNc1c(C#N)cnc2c(Cl)cc(N[C@H](C3=CN(C4CCN(C(C)(C)C)CC4)NN3)c3ccccc3)cc12. The van der Waals surface area contributed by atoms with Gasteiger partial charge in [-0.2, -0.15) is 5.26 Å². The molecule has 222 valence electrons. The highest BCUT2D eigenvalue weighted by Crippen LogP contribution is 2.36. The Morgan fingerprint density at radius 1 is 1.10 bits per heavy atom. The molecular formula is C33H43ClN8. The van der Waals surface area contributed by atoms with Gasteiger partial charge in [0.2, 0.25) is 0 Å². The average Bonchev–Trinajstić information content (AvgIpc) is 3.44. The molecule has 1 atom stereocenters. The van der Waals surface area contributed by atoms with Crippen molar-refractivity contribution in [1.82, 2.24) is 25.9 Å². The van der Waals surface area contributed by atoms with Gasteiger partial charge in [-0.3, -0.25) is 14.9 Å². The van der Waals surface area contributed by atoms with E-state index in [0.29, 0.717) is 28.7 Å². The van der Waals surface area contributed by atoms with Crippen molar-refractivity contribution >= 4 is 33.9 Å². The minimum atomic E-state index is -0.162. The van der Waals surface area contributed by atoms with Gasteiger partial charge in [0.15, 0.2) is 0 Å². The number of likely N-dealkylation sites (tertiary alicyclic amines) is 1. The molecule has 8 nitrogen and oxygen atoms in total. The van der Waals surface area contributed by atoms with E-state index in [0.717, 1.165) is 54.0 Å². The highest BCUT2D eigenvalue weighted by molar-refractivity contribution is 6.35. The molecule has 3 aromatic rings. The zero-order valence-corrected chi connectivity index (χ0v) is 26.3. The summed E-state index contributed by atoms with van der Waals surface area (Å²) in [4.78, 5) is 7.09. The van der Waals surface area contributed by atoms with Crippen LogP contribution in [0.2, 0.25) is 5.02 Å². The van der Waals surface area contributed by atoms with E-state index < -0.39 is 0 Å². The molecule has 2 aliphatic heterocycles. The second-order valence-electron chi connectivity index (χ2n) is 13.5. The highest BCUT2D eigenvalue weighted by Gasteiger charge is 2.32. The number of nitriles is 1. The van der Waals surface area contributed by atoms with Gasteiger partial charge >= 0.3 is 0 Å². The normalized spacial score (nSPS) is 17.5. The van der Waals surface area contributed by atoms with Crippen LogP contribution < -0.4 is 21.6 Å². The van der Waals surface area contributed by atoms with Crippen LogP contribution in [0.25, 0.3) is 10.9 Å². The van der Waals surface area contributed by atoms with Crippen molar-refractivity contribution in [3.8, 4) is 6.07 Å². The molecule has 5 rings (SSSR count). The van der Waals surface area contributed by atoms with Gasteiger partial charge in [0, 0.05) is 54.7 Å². The number of nitrogens with zero attached hydrogens (tertiary/aromatic N) is 4. The summed E-state index contributed by atoms with van der Waals surface area (Å²) in [6, 6.07) is 16.9. The van der Waals surface area contributed by atoms with Crippen LogP contribution in [0.5, 0.6) is 0 Å². The summed E-state index contributed by atoms with van der Waals surface area (Å²) in [6.07, 6.45) is 5.98. The van der Waals surface area contributed by atoms with Crippen LogP contribution in [0.1, 0.15) is 71.6 Å². The van der Waals surface area contributed by atoms with Crippen molar-refractivity contribution in [2.45, 2.75) is 72.0 Å². The lowest BCUT2D eigenvalue weighted by Crippen LogP contribution is -2.52. The first-order chi connectivity index (χ1) is 19.9. The molecule has 1 aromatic heterocycles. The smallest absolute Gasteiger partial charge is 0.103 e. The highest BCUT2D eigenvalue weighted by atomic mass is 35.5. The van der Waals surface area contributed by atoms with Crippen molar-refractivity contribution in [3.63, 3.8) is 0 Å². The minimum Gasteiger partial charge on any atom is -0.383 e. The Morgan fingerprint density at radius 3 is 2.45 bits per heavy atom. The third-order valence-corrected chi connectivity index (χ3v) is 8.30. The molecule has 0 saturated carbocycles. The number of rotatable bonds is 7. The summed E-state index contributed by atoms with van der Waals surface area (Å²) in [5, 5.41) is 20.7. The van der Waals surface area contributed by atoms with Gasteiger partial charge in [0.25, 0.3) is 0 Å². The Balaban J connectivity index is 1.45. The number of fused-ring (bicyclic) bond motifs is 1. The standard InChI is InChI=1S/C33H43ClN8/c1-32(2,3)21-37-29-23(18-35)19-36-31-26(29)16-24(17-27(31)34)38-30(22-10-8-7-9-11-22)28-20-42(40-39-28)25-12-14-41(15-13-25)33(4,5)6/h7-11,16-17,19-20,25,30,38-40H,12-15,21H2,1-6H3,(H,36,37)/t30-/m0/s1. The van der Waals surface area contributed by atoms with Gasteiger partial charge in [0.1, 0.15) is 6.07 Å². The lowest BCUT2D eigenvalue weighted by atomic mass is 9.96. The fourth-order valence-electron chi connectivity index (χ4n) is 5.63. The fourth-order valence-corrected chi connectivity index (χ4v) is 5.89. The maximum Gasteiger partial charge on any atom is 0.103 e. The molecule has 9 heteroatoms. The third kappa shape index (κ3) is 6.75. The van der Waals surface area contributed by atoms with Crippen LogP contribution in [0, 0.1) is 16.7 Å². The number of halogens is 1. The topological polar surface area (TPSA) is 91.3 Å². The number of piperidine rings is 1. The molecule has 2 aliphatic rings. The second-order valence-corrected chi connectivity index (χ2v) is 13.9. The number of pyridine rings is 1. The van der Waals surface area contributed by atoms with Crippen molar-refractivity contribution in [1.29, 1.82) is 5.26 Å². The van der Waals surface area contributed by atoms with Crippen LogP contribution >= 0.6 is 11.6 Å². The molecule has 0 spiro atoms. The summed E-state index contributed by atoms with van der Waals surface area (Å²) in [7, 11) is 0. The first-order valence-corrected chi connectivity index (χ1v) is 15.2. The minimum absolute atomic E-state index is 0.0310. The average molecular weight is 587 g/mol. The number of aromatic nitrogens is 1. The van der Waals surface area contributed by atoms with E-state index in [2.05, 4.69) is 115 Å². The molecule has 0 aliphatic carbocycles. The molecule has 0 amide bonds. The van der Waals surface area contributed by atoms with Gasteiger partial charge in [-0.05, 0) is 56.7 Å². The molecule has 0 bridgehead atoms. The Hall–Kier alpha value is -3.51. The molecule has 2 aromatic carbocycles. The van der Waals surface area contributed by atoms with Crippen LogP contribution in [-0.4, -0.2) is 46.1 Å². The van der Waals surface area contributed by atoms with E-state index in [1.54, 1.807) is 6.20 Å². The van der Waals surface area contributed by atoms with Crippen LogP contribution in [0.15, 0.2) is 60.6 Å². The van der Waals surface area contributed by atoms with E-state index in [1.807, 2.05) is 18.2 Å². The van der Waals surface area contributed by atoms with Gasteiger partial charge in [0.05, 0.1) is 33.5 Å². The lowest BCUT2D eigenvalue weighted by molar-refractivity contribution is 0.0570. The molecule has 4 N–H and O–H groups in total. The monoisotopic (exact) mass is 586 g/mol. The van der Waals surface area contributed by atoms with Gasteiger partial charge in [-0.1, -0.05) is 62.7 Å². The van der Waals surface area contributed by atoms with Gasteiger partial charge in [-0.25, -0.2) is 0 Å². The molecule has 42 heavy (non-hydrogen) atoms. The first kappa shape index (κ1) is 30.0. The summed E-state index contributed by atoms with van der Waals surface area (Å²) in [5.74, 6) is 0.